The van der Waals surface area contributed by atoms with E-state index in [0.717, 1.165) is 0 Å². The van der Waals surface area contributed by atoms with Crippen LogP contribution in [0.5, 0.6) is 0 Å². The third-order valence-corrected chi connectivity index (χ3v) is 6.33. The minimum absolute atomic E-state index is 0.00924. The second-order valence-electron chi connectivity index (χ2n) is 8.47. The molecular weight excluding hydrogens is 430 g/mol. The molecule has 9 nitrogen and oxygen atoms in total. The summed E-state index contributed by atoms with van der Waals surface area (Å²) in [5, 5.41) is 14.6. The molecule has 0 aromatic heterocycles. The summed E-state index contributed by atoms with van der Waals surface area (Å²) in [6, 6.07) is 9.08. The lowest BCUT2D eigenvalue weighted by atomic mass is 9.74. The van der Waals surface area contributed by atoms with Crippen LogP contribution >= 0.6 is 0 Å². The Labute approximate surface area is 191 Å². The van der Waals surface area contributed by atoms with Crippen LogP contribution in [0.4, 0.5) is 0 Å². The third-order valence-electron chi connectivity index (χ3n) is 6.33. The van der Waals surface area contributed by atoms with E-state index in [0.29, 0.717) is 17.0 Å². The van der Waals surface area contributed by atoms with Crippen LogP contribution in [0.3, 0.4) is 0 Å². The van der Waals surface area contributed by atoms with E-state index in [-0.39, 0.29) is 24.4 Å². The number of carbonyl (C=O) groups excluding carboxylic acids is 3. The number of esters is 2. The second kappa shape index (κ2) is 8.74. The van der Waals surface area contributed by atoms with Crippen LogP contribution in [-0.2, 0) is 33.3 Å². The molecule has 0 bridgehead atoms. The van der Waals surface area contributed by atoms with Gasteiger partial charge in [-0.15, -0.1) is 0 Å². The zero-order chi connectivity index (χ0) is 23.9. The van der Waals surface area contributed by atoms with E-state index < -0.39 is 47.6 Å². The zero-order valence-electron chi connectivity index (χ0n) is 18.9. The average Bonchev–Trinajstić information content (AvgIpc) is 3.34. The molecule has 4 rings (SSSR count). The summed E-state index contributed by atoms with van der Waals surface area (Å²) >= 11 is 0. The van der Waals surface area contributed by atoms with Crippen molar-refractivity contribution in [1.29, 1.82) is 0 Å². The number of hydrogen-bond acceptors (Lipinski definition) is 9. The summed E-state index contributed by atoms with van der Waals surface area (Å²) < 4.78 is 21.6. The number of rotatable bonds is 5. The highest BCUT2D eigenvalue weighted by atomic mass is 16.6. The maximum Gasteiger partial charge on any atom is 0.336 e. The van der Waals surface area contributed by atoms with Crippen LogP contribution in [-0.4, -0.2) is 67.1 Å². The average molecular weight is 457 g/mol. The number of benzene rings is 1. The number of ketones is 1. The fourth-order valence-corrected chi connectivity index (χ4v) is 4.89. The molecule has 2 N–H and O–H groups in total. The molecule has 1 aromatic carbocycles. The summed E-state index contributed by atoms with van der Waals surface area (Å²) in [7, 11) is 1.28. The minimum atomic E-state index is -2.02. The van der Waals surface area contributed by atoms with Gasteiger partial charge in [0.1, 0.15) is 12.2 Å². The Hall–Kier alpha value is -3.01. The number of aliphatic hydroxyl groups is 1. The van der Waals surface area contributed by atoms with Gasteiger partial charge < -0.3 is 29.4 Å². The third kappa shape index (κ3) is 3.86. The molecule has 1 aromatic rings. The number of methoxy groups -OCH3 is 1. The van der Waals surface area contributed by atoms with Gasteiger partial charge in [-0.2, -0.15) is 0 Å². The second-order valence-corrected chi connectivity index (χ2v) is 8.47. The normalized spacial score (nSPS) is 31.2. The molecule has 0 amide bonds. The Balaban J connectivity index is 1.75. The molecule has 3 aliphatic rings. The quantitative estimate of drug-likeness (QED) is 0.627. The van der Waals surface area contributed by atoms with E-state index in [1.165, 1.54) is 14.0 Å². The summed E-state index contributed by atoms with van der Waals surface area (Å²) in [4.78, 5) is 38.1. The van der Waals surface area contributed by atoms with Crippen molar-refractivity contribution < 1.29 is 38.4 Å². The predicted molar refractivity (Wildman–Crippen MR) is 115 cm³/mol. The van der Waals surface area contributed by atoms with Gasteiger partial charge in [-0.25, -0.2) is 4.79 Å². The lowest BCUT2D eigenvalue weighted by Crippen LogP contribution is -2.53. The highest BCUT2D eigenvalue weighted by Gasteiger charge is 2.62. The maximum atomic E-state index is 14.0. The van der Waals surface area contributed by atoms with Crippen LogP contribution in [0.25, 0.3) is 0 Å². The zero-order valence-corrected chi connectivity index (χ0v) is 18.9. The maximum absolute atomic E-state index is 14.0. The fraction of sp³-hybridized carbons (Fsp3) is 0.458. The van der Waals surface area contributed by atoms with Crippen LogP contribution in [0, 0.1) is 0 Å². The van der Waals surface area contributed by atoms with Crippen LogP contribution in [0.15, 0.2) is 52.9 Å². The highest BCUT2D eigenvalue weighted by Crippen LogP contribution is 2.44. The number of allylic oxidation sites excluding steroid dienone is 2. The highest BCUT2D eigenvalue weighted by molar-refractivity contribution is 6.07. The number of hydrogen-bond donors (Lipinski definition) is 2. The van der Waals surface area contributed by atoms with Gasteiger partial charge in [-0.1, -0.05) is 30.3 Å². The number of fused-ring (bicyclic) bond motifs is 1. The van der Waals surface area contributed by atoms with Gasteiger partial charge in [0.05, 0.1) is 25.9 Å². The predicted octanol–water partition coefficient (Wildman–Crippen LogP) is 1.12. The molecule has 0 spiro atoms. The van der Waals surface area contributed by atoms with Crippen molar-refractivity contribution >= 4 is 17.7 Å². The summed E-state index contributed by atoms with van der Waals surface area (Å²) in [6.07, 6.45) is -2.50. The number of Topliss-reactive ketones (excluding diaryl/α,β-unsaturated/α-hetero) is 1. The van der Waals surface area contributed by atoms with Gasteiger partial charge in [0.15, 0.2) is 17.5 Å². The first kappa shape index (κ1) is 23.2. The van der Waals surface area contributed by atoms with Crippen molar-refractivity contribution in [1.82, 2.24) is 5.32 Å². The molecule has 3 aliphatic heterocycles. The molecule has 176 valence electrons. The molecule has 9 heteroatoms. The van der Waals surface area contributed by atoms with E-state index in [2.05, 4.69) is 5.32 Å². The molecule has 0 aliphatic carbocycles. The van der Waals surface area contributed by atoms with Gasteiger partial charge in [0.25, 0.3) is 0 Å². The number of dihydropyridines is 1. The fourth-order valence-electron chi connectivity index (χ4n) is 4.89. The number of ether oxygens (including phenoxy) is 4. The Morgan fingerprint density at radius 1 is 1.09 bits per heavy atom. The van der Waals surface area contributed by atoms with Gasteiger partial charge in [-0.3, -0.25) is 9.59 Å². The molecule has 2 fully saturated rings. The van der Waals surface area contributed by atoms with E-state index in [1.807, 2.05) is 30.3 Å². The van der Waals surface area contributed by atoms with Gasteiger partial charge in [0, 0.05) is 29.8 Å². The molecule has 5 atom stereocenters. The molecule has 0 saturated carbocycles. The SMILES string of the molecule is COC(=O)C1=C(C)NC(C)=C(C(=O)[C@@]2(O)CO[C@@H]3[C@@H](OC(C)=O)CO[C@@H]32)C1c1ccccc1. The Morgan fingerprint density at radius 3 is 2.39 bits per heavy atom. The lowest BCUT2D eigenvalue weighted by Gasteiger charge is -2.34. The van der Waals surface area contributed by atoms with Gasteiger partial charge in [0.2, 0.25) is 0 Å². The monoisotopic (exact) mass is 457 g/mol. The van der Waals surface area contributed by atoms with Crippen LogP contribution < -0.4 is 5.32 Å². The van der Waals surface area contributed by atoms with Gasteiger partial charge >= 0.3 is 11.9 Å². The summed E-state index contributed by atoms with van der Waals surface area (Å²) in [6.45, 7) is 4.41. The summed E-state index contributed by atoms with van der Waals surface area (Å²) in [5.41, 5.74) is 0.248. The molecule has 0 radical (unpaired) electrons. The standard InChI is InChI=1S/C24H27NO8/c1-12-17(19(15-8-6-5-7-9-15)18(13(2)25-12)23(28)30-4)21(27)24(29)11-32-20-16(33-14(3)26)10-31-22(20)24/h5-9,16,19-20,22,25,29H,10-11H2,1-4H3/t16-,19?,20+,22-,24-/m0/s1. The van der Waals surface area contributed by atoms with Crippen LogP contribution in [0.2, 0.25) is 0 Å². The molecule has 3 heterocycles. The van der Waals surface area contributed by atoms with Crippen molar-refractivity contribution in [3.05, 3.63) is 58.4 Å². The number of nitrogens with one attached hydrogen (secondary N) is 1. The first-order valence-corrected chi connectivity index (χ1v) is 10.7. The van der Waals surface area contributed by atoms with E-state index in [4.69, 9.17) is 18.9 Å². The lowest BCUT2D eigenvalue weighted by molar-refractivity contribution is -0.153. The molecular formula is C24H27NO8. The first-order chi connectivity index (χ1) is 15.7. The van der Waals surface area contributed by atoms with E-state index in [1.54, 1.807) is 13.8 Å². The van der Waals surface area contributed by atoms with Crippen molar-refractivity contribution in [2.45, 2.75) is 50.6 Å². The molecule has 2 saturated heterocycles. The summed E-state index contributed by atoms with van der Waals surface area (Å²) in [5.74, 6) is -2.46. The van der Waals surface area contributed by atoms with Crippen molar-refractivity contribution in [2.75, 3.05) is 20.3 Å². The number of carbonyl (C=O) groups is 3. The largest absolute Gasteiger partial charge is 0.466 e. The Morgan fingerprint density at radius 2 is 1.76 bits per heavy atom. The molecule has 1 unspecified atom stereocenters. The van der Waals surface area contributed by atoms with E-state index >= 15 is 0 Å². The Bertz CT molecular complexity index is 1050. The van der Waals surface area contributed by atoms with Gasteiger partial charge in [-0.05, 0) is 19.4 Å². The van der Waals surface area contributed by atoms with E-state index in [9.17, 15) is 19.5 Å². The van der Waals surface area contributed by atoms with Crippen molar-refractivity contribution in [3.63, 3.8) is 0 Å². The minimum Gasteiger partial charge on any atom is -0.466 e. The topological polar surface area (TPSA) is 120 Å². The van der Waals surface area contributed by atoms with Crippen LogP contribution in [0.1, 0.15) is 32.3 Å². The van der Waals surface area contributed by atoms with Crippen molar-refractivity contribution in [3.8, 4) is 0 Å². The first-order valence-electron chi connectivity index (χ1n) is 10.7. The smallest absolute Gasteiger partial charge is 0.336 e. The van der Waals surface area contributed by atoms with Crippen molar-refractivity contribution in [2.24, 2.45) is 0 Å². The Kier molecular flexibility index (Phi) is 6.13. The molecule has 33 heavy (non-hydrogen) atoms.